The highest BCUT2D eigenvalue weighted by Gasteiger charge is 2.38. The van der Waals surface area contributed by atoms with Gasteiger partial charge < -0.3 is 4.42 Å². The molecule has 1 aliphatic carbocycles. The first kappa shape index (κ1) is 6.83. The molecule has 3 heteroatoms. The van der Waals surface area contributed by atoms with Crippen molar-refractivity contribution in [3.05, 3.63) is 11.8 Å². The predicted octanol–water partition coefficient (Wildman–Crippen LogP) is 1.82. The Morgan fingerprint density at radius 3 is 2.45 bits per heavy atom. The van der Waals surface area contributed by atoms with Gasteiger partial charge in [-0.05, 0) is 12.8 Å². The highest BCUT2D eigenvalue weighted by atomic mass is 16.4. The molecule has 0 spiro atoms. The summed E-state index contributed by atoms with van der Waals surface area (Å²) in [6.07, 6.45) is 3.67. The third-order valence-corrected chi connectivity index (χ3v) is 2.50. The van der Waals surface area contributed by atoms with E-state index >= 15 is 0 Å². The van der Waals surface area contributed by atoms with Crippen molar-refractivity contribution in [3.8, 4) is 0 Å². The Kier molecular flexibility index (Phi) is 1.28. The molecule has 1 heterocycles. The first-order valence-corrected chi connectivity index (χ1v) is 4.01. The number of nitrogens with zero attached hydrogens (tertiary/aromatic N) is 2. The minimum absolute atomic E-state index is 0.196. The molecular formula is C8H12N2O. The van der Waals surface area contributed by atoms with Gasteiger partial charge in [0.2, 0.25) is 11.8 Å². The lowest BCUT2D eigenvalue weighted by molar-refractivity contribution is 0.211. The largest absolute Gasteiger partial charge is 0.425 e. The van der Waals surface area contributed by atoms with Crippen LogP contribution in [0.5, 0.6) is 0 Å². The van der Waals surface area contributed by atoms with Crippen molar-refractivity contribution in [2.45, 2.75) is 38.5 Å². The van der Waals surface area contributed by atoms with Crippen LogP contribution in [-0.4, -0.2) is 10.2 Å². The first-order chi connectivity index (χ1) is 5.21. The smallest absolute Gasteiger partial charge is 0.222 e. The fourth-order valence-electron chi connectivity index (χ4n) is 1.46. The summed E-state index contributed by atoms with van der Waals surface area (Å²) in [5.74, 6) is 1.49. The molecular weight excluding hydrogens is 140 g/mol. The Labute approximate surface area is 65.8 Å². The van der Waals surface area contributed by atoms with Crippen molar-refractivity contribution in [1.82, 2.24) is 10.2 Å². The molecule has 1 aliphatic rings. The summed E-state index contributed by atoms with van der Waals surface area (Å²) < 4.78 is 5.37. The van der Waals surface area contributed by atoms with Gasteiger partial charge in [-0.3, -0.25) is 0 Å². The zero-order valence-electron chi connectivity index (χ0n) is 6.92. The van der Waals surface area contributed by atoms with Crippen LogP contribution in [0, 0.1) is 6.92 Å². The van der Waals surface area contributed by atoms with E-state index in [2.05, 4.69) is 17.1 Å². The fraction of sp³-hybridized carbons (Fsp3) is 0.750. The minimum atomic E-state index is 0.196. The average Bonchev–Trinajstić information content (AvgIpc) is 2.31. The van der Waals surface area contributed by atoms with E-state index in [1.807, 2.05) is 6.92 Å². The molecule has 0 unspecified atom stereocenters. The molecule has 0 atom stereocenters. The van der Waals surface area contributed by atoms with E-state index in [1.54, 1.807) is 0 Å². The van der Waals surface area contributed by atoms with Crippen LogP contribution in [0.1, 0.15) is 38.0 Å². The summed E-state index contributed by atoms with van der Waals surface area (Å²) in [7, 11) is 0. The van der Waals surface area contributed by atoms with Gasteiger partial charge in [0, 0.05) is 12.3 Å². The van der Waals surface area contributed by atoms with Crippen LogP contribution >= 0.6 is 0 Å². The van der Waals surface area contributed by atoms with Gasteiger partial charge in [-0.15, -0.1) is 10.2 Å². The van der Waals surface area contributed by atoms with Gasteiger partial charge in [-0.25, -0.2) is 0 Å². The van der Waals surface area contributed by atoms with Crippen LogP contribution < -0.4 is 0 Å². The average molecular weight is 152 g/mol. The predicted molar refractivity (Wildman–Crippen MR) is 40.2 cm³/mol. The van der Waals surface area contributed by atoms with Crippen molar-refractivity contribution in [2.75, 3.05) is 0 Å². The molecule has 1 saturated carbocycles. The maximum atomic E-state index is 5.37. The Balaban J connectivity index is 2.28. The zero-order chi connectivity index (χ0) is 7.90. The highest BCUT2D eigenvalue weighted by Crippen LogP contribution is 2.42. The number of aromatic nitrogens is 2. The van der Waals surface area contributed by atoms with Crippen LogP contribution in [-0.2, 0) is 5.41 Å². The molecule has 0 aromatic carbocycles. The van der Waals surface area contributed by atoms with E-state index in [1.165, 1.54) is 19.3 Å². The molecule has 1 aromatic heterocycles. The normalized spacial score (nSPS) is 21.3. The van der Waals surface area contributed by atoms with Crippen molar-refractivity contribution in [3.63, 3.8) is 0 Å². The molecule has 0 aliphatic heterocycles. The van der Waals surface area contributed by atoms with E-state index in [4.69, 9.17) is 4.42 Å². The van der Waals surface area contributed by atoms with Gasteiger partial charge in [0.25, 0.3) is 0 Å². The second-order valence-electron chi connectivity index (χ2n) is 3.54. The number of aryl methyl sites for hydroxylation is 1. The third kappa shape index (κ3) is 0.951. The van der Waals surface area contributed by atoms with E-state index in [0.29, 0.717) is 5.89 Å². The lowest BCUT2D eigenvalue weighted by Crippen LogP contribution is -2.30. The quantitative estimate of drug-likeness (QED) is 0.616. The standard InChI is InChI=1S/C8H12N2O/c1-6-9-10-7(11-6)8(2)4-3-5-8/h3-5H2,1-2H3. The number of hydrogen-bond acceptors (Lipinski definition) is 3. The van der Waals surface area contributed by atoms with Crippen LogP contribution in [0.25, 0.3) is 0 Å². The molecule has 60 valence electrons. The lowest BCUT2D eigenvalue weighted by atomic mass is 9.70. The molecule has 0 radical (unpaired) electrons. The maximum absolute atomic E-state index is 5.37. The third-order valence-electron chi connectivity index (χ3n) is 2.50. The summed E-state index contributed by atoms with van der Waals surface area (Å²) in [5, 5.41) is 7.84. The van der Waals surface area contributed by atoms with Gasteiger partial charge in [-0.1, -0.05) is 13.3 Å². The van der Waals surface area contributed by atoms with Crippen LogP contribution in [0.4, 0.5) is 0 Å². The topological polar surface area (TPSA) is 38.9 Å². The SMILES string of the molecule is Cc1nnc(C2(C)CCC2)o1. The Bertz CT molecular complexity index is 263. The molecule has 2 rings (SSSR count). The second-order valence-corrected chi connectivity index (χ2v) is 3.54. The van der Waals surface area contributed by atoms with E-state index in [-0.39, 0.29) is 5.41 Å². The molecule has 11 heavy (non-hydrogen) atoms. The minimum Gasteiger partial charge on any atom is -0.425 e. The van der Waals surface area contributed by atoms with Gasteiger partial charge in [0.1, 0.15) is 0 Å². The summed E-state index contributed by atoms with van der Waals surface area (Å²) in [5.41, 5.74) is 0.196. The summed E-state index contributed by atoms with van der Waals surface area (Å²) in [4.78, 5) is 0. The summed E-state index contributed by atoms with van der Waals surface area (Å²) >= 11 is 0. The van der Waals surface area contributed by atoms with E-state index < -0.39 is 0 Å². The van der Waals surface area contributed by atoms with Gasteiger partial charge >= 0.3 is 0 Å². The van der Waals surface area contributed by atoms with Crippen LogP contribution in [0.3, 0.4) is 0 Å². The Morgan fingerprint density at radius 1 is 1.36 bits per heavy atom. The van der Waals surface area contributed by atoms with Crippen molar-refractivity contribution in [2.24, 2.45) is 0 Å². The molecule has 0 N–H and O–H groups in total. The molecule has 1 aromatic rings. The lowest BCUT2D eigenvalue weighted by Gasteiger charge is -2.34. The van der Waals surface area contributed by atoms with Crippen molar-refractivity contribution < 1.29 is 4.42 Å². The number of rotatable bonds is 1. The highest BCUT2D eigenvalue weighted by molar-refractivity contribution is 5.06. The summed E-state index contributed by atoms with van der Waals surface area (Å²) in [6, 6.07) is 0. The van der Waals surface area contributed by atoms with Gasteiger partial charge in [-0.2, -0.15) is 0 Å². The zero-order valence-corrected chi connectivity index (χ0v) is 6.92. The molecule has 1 fully saturated rings. The Morgan fingerprint density at radius 2 is 2.09 bits per heavy atom. The van der Waals surface area contributed by atoms with Gasteiger partial charge in [0.05, 0.1) is 0 Å². The van der Waals surface area contributed by atoms with E-state index in [0.717, 1.165) is 5.89 Å². The number of hydrogen-bond donors (Lipinski definition) is 0. The monoisotopic (exact) mass is 152 g/mol. The van der Waals surface area contributed by atoms with Crippen molar-refractivity contribution >= 4 is 0 Å². The second kappa shape index (κ2) is 2.06. The summed E-state index contributed by atoms with van der Waals surface area (Å²) in [6.45, 7) is 4.02. The van der Waals surface area contributed by atoms with Crippen LogP contribution in [0.2, 0.25) is 0 Å². The molecule has 0 bridgehead atoms. The molecule has 3 nitrogen and oxygen atoms in total. The fourth-order valence-corrected chi connectivity index (χ4v) is 1.46. The molecule has 0 amide bonds. The maximum Gasteiger partial charge on any atom is 0.222 e. The van der Waals surface area contributed by atoms with E-state index in [9.17, 15) is 0 Å². The molecule has 0 saturated heterocycles. The van der Waals surface area contributed by atoms with Gasteiger partial charge in [0.15, 0.2) is 0 Å². The Hall–Kier alpha value is -0.860. The van der Waals surface area contributed by atoms with Crippen molar-refractivity contribution in [1.29, 1.82) is 0 Å². The van der Waals surface area contributed by atoms with Crippen LogP contribution in [0.15, 0.2) is 4.42 Å². The first-order valence-electron chi connectivity index (χ1n) is 4.01.